The molecule has 0 aromatic heterocycles. The summed E-state index contributed by atoms with van der Waals surface area (Å²) in [6, 6.07) is 9.71. The summed E-state index contributed by atoms with van der Waals surface area (Å²) in [4.78, 5) is 0. The quantitative estimate of drug-likeness (QED) is 0.631. The zero-order valence-electron chi connectivity index (χ0n) is 9.48. The molecule has 1 rings (SSSR count). The number of aliphatic hydroxyl groups is 1. The molecule has 2 atom stereocenters. The van der Waals surface area contributed by atoms with Crippen molar-refractivity contribution in [2.24, 2.45) is 0 Å². The second-order valence-electron chi connectivity index (χ2n) is 4.01. The van der Waals surface area contributed by atoms with Crippen molar-refractivity contribution >= 4 is 11.9 Å². The van der Waals surface area contributed by atoms with E-state index in [1.54, 1.807) is 6.92 Å². The monoisotopic (exact) mass is 218 g/mol. The second-order valence-corrected chi connectivity index (χ2v) is 4.01. The van der Waals surface area contributed by atoms with E-state index in [4.69, 9.17) is 10.8 Å². The predicted octanol–water partition coefficient (Wildman–Crippen LogP) is 2.60. The Morgan fingerprint density at radius 3 is 2.50 bits per heavy atom. The van der Waals surface area contributed by atoms with Gasteiger partial charge in [0, 0.05) is 18.1 Å². The van der Waals surface area contributed by atoms with Crippen LogP contribution in [0.25, 0.3) is 0 Å². The Kier molecular flexibility index (Phi) is 4.86. The fraction of sp³-hybridized carbons (Fsp3) is 0.385. The van der Waals surface area contributed by atoms with Gasteiger partial charge in [-0.3, -0.25) is 0 Å². The van der Waals surface area contributed by atoms with Crippen LogP contribution in [-0.4, -0.2) is 23.1 Å². The molecular formula is C13H18N2O. The fourth-order valence-electron chi connectivity index (χ4n) is 1.79. The third-order valence-corrected chi connectivity index (χ3v) is 2.58. The highest BCUT2D eigenvalue weighted by Crippen LogP contribution is 2.25. The third-order valence-electron chi connectivity index (χ3n) is 2.58. The molecule has 0 aliphatic heterocycles. The van der Waals surface area contributed by atoms with E-state index < -0.39 is 6.10 Å². The number of aliphatic hydroxyl groups excluding tert-OH is 1. The zero-order valence-corrected chi connectivity index (χ0v) is 9.48. The average Bonchev–Trinajstić information content (AvgIpc) is 2.27. The van der Waals surface area contributed by atoms with Gasteiger partial charge in [-0.05, 0) is 25.1 Å². The van der Waals surface area contributed by atoms with E-state index in [0.29, 0.717) is 18.6 Å². The molecule has 0 amide bonds. The number of benzene rings is 1. The predicted molar refractivity (Wildman–Crippen MR) is 66.6 cm³/mol. The first-order chi connectivity index (χ1) is 7.65. The zero-order chi connectivity index (χ0) is 12.0. The number of rotatable bonds is 6. The van der Waals surface area contributed by atoms with E-state index in [-0.39, 0.29) is 5.92 Å². The summed E-state index contributed by atoms with van der Waals surface area (Å²) < 4.78 is 0. The third kappa shape index (κ3) is 3.59. The van der Waals surface area contributed by atoms with Crippen LogP contribution in [0.15, 0.2) is 30.3 Å². The van der Waals surface area contributed by atoms with Crippen LogP contribution < -0.4 is 0 Å². The van der Waals surface area contributed by atoms with Crippen LogP contribution in [0.1, 0.15) is 31.2 Å². The summed E-state index contributed by atoms with van der Waals surface area (Å²) in [5.74, 6) is -0.0831. The molecule has 3 heteroatoms. The fourth-order valence-corrected chi connectivity index (χ4v) is 1.79. The Morgan fingerprint density at radius 1 is 1.38 bits per heavy atom. The van der Waals surface area contributed by atoms with E-state index in [1.807, 2.05) is 30.3 Å². The number of hydrogen-bond acceptors (Lipinski definition) is 3. The van der Waals surface area contributed by atoms with Crippen molar-refractivity contribution in [1.82, 2.24) is 0 Å². The molecule has 1 aromatic rings. The van der Waals surface area contributed by atoms with E-state index in [1.165, 1.54) is 6.21 Å². The van der Waals surface area contributed by atoms with Crippen LogP contribution in [0, 0.1) is 10.8 Å². The standard InChI is InChI=1S/C13H18N2O/c1-10(15)9-12(13(16)7-8-14)11-5-3-2-4-6-11/h2-6,8,12-16H,7,9H2,1H3. The Morgan fingerprint density at radius 2 is 2.00 bits per heavy atom. The van der Waals surface area contributed by atoms with Crippen LogP contribution in [0.2, 0.25) is 0 Å². The van der Waals surface area contributed by atoms with Crippen LogP contribution in [0.5, 0.6) is 0 Å². The molecule has 1 aromatic carbocycles. The van der Waals surface area contributed by atoms with Crippen molar-refractivity contribution in [2.45, 2.75) is 31.8 Å². The van der Waals surface area contributed by atoms with Crippen molar-refractivity contribution in [3.8, 4) is 0 Å². The molecule has 0 bridgehead atoms. The molecule has 0 aliphatic carbocycles. The largest absolute Gasteiger partial charge is 0.392 e. The highest BCUT2D eigenvalue weighted by Gasteiger charge is 2.20. The van der Waals surface area contributed by atoms with E-state index in [2.05, 4.69) is 0 Å². The van der Waals surface area contributed by atoms with Crippen LogP contribution in [0.4, 0.5) is 0 Å². The topological polar surface area (TPSA) is 67.9 Å². The average molecular weight is 218 g/mol. The van der Waals surface area contributed by atoms with Gasteiger partial charge in [-0.15, -0.1) is 0 Å². The maximum absolute atomic E-state index is 9.96. The smallest absolute Gasteiger partial charge is 0.0661 e. The van der Waals surface area contributed by atoms with Gasteiger partial charge in [0.2, 0.25) is 0 Å². The molecule has 0 radical (unpaired) electrons. The van der Waals surface area contributed by atoms with Crippen LogP contribution in [0.3, 0.4) is 0 Å². The Bertz CT molecular complexity index is 348. The van der Waals surface area contributed by atoms with E-state index >= 15 is 0 Å². The minimum atomic E-state index is -0.583. The lowest BCUT2D eigenvalue weighted by atomic mass is 9.87. The number of nitrogens with one attached hydrogen (secondary N) is 2. The summed E-state index contributed by atoms with van der Waals surface area (Å²) >= 11 is 0. The van der Waals surface area contributed by atoms with Gasteiger partial charge in [-0.1, -0.05) is 30.3 Å². The lowest BCUT2D eigenvalue weighted by Crippen LogP contribution is -2.21. The van der Waals surface area contributed by atoms with Gasteiger partial charge < -0.3 is 15.9 Å². The molecule has 16 heavy (non-hydrogen) atoms. The summed E-state index contributed by atoms with van der Waals surface area (Å²) in [5.41, 5.74) is 1.58. The van der Waals surface area contributed by atoms with Crippen LogP contribution in [-0.2, 0) is 0 Å². The molecule has 0 saturated carbocycles. The molecule has 3 N–H and O–H groups in total. The maximum atomic E-state index is 9.96. The SMILES string of the molecule is CC(=N)CC(c1ccccc1)C(O)CC=N. The lowest BCUT2D eigenvalue weighted by molar-refractivity contribution is 0.153. The molecule has 0 saturated heterocycles. The summed E-state index contributed by atoms with van der Waals surface area (Å²) in [7, 11) is 0. The molecule has 0 aliphatic rings. The first-order valence-corrected chi connectivity index (χ1v) is 5.41. The Balaban J connectivity index is 2.86. The van der Waals surface area contributed by atoms with E-state index in [0.717, 1.165) is 5.56 Å². The molecule has 0 spiro atoms. The highest BCUT2D eigenvalue weighted by molar-refractivity contribution is 5.79. The second kappa shape index (κ2) is 6.18. The van der Waals surface area contributed by atoms with Crippen LogP contribution >= 0.6 is 0 Å². The van der Waals surface area contributed by atoms with Crippen molar-refractivity contribution in [1.29, 1.82) is 10.8 Å². The van der Waals surface area contributed by atoms with Gasteiger partial charge >= 0.3 is 0 Å². The molecule has 0 heterocycles. The van der Waals surface area contributed by atoms with Gasteiger partial charge in [0.1, 0.15) is 0 Å². The lowest BCUT2D eigenvalue weighted by Gasteiger charge is -2.21. The molecular weight excluding hydrogens is 200 g/mol. The van der Waals surface area contributed by atoms with Gasteiger partial charge in [0.15, 0.2) is 0 Å². The van der Waals surface area contributed by atoms with Gasteiger partial charge in [-0.2, -0.15) is 0 Å². The summed E-state index contributed by atoms with van der Waals surface area (Å²) in [6.07, 6.45) is 1.52. The highest BCUT2D eigenvalue weighted by atomic mass is 16.3. The minimum Gasteiger partial charge on any atom is -0.392 e. The Labute approximate surface area is 96.2 Å². The van der Waals surface area contributed by atoms with Crippen molar-refractivity contribution in [2.75, 3.05) is 0 Å². The van der Waals surface area contributed by atoms with Gasteiger partial charge in [0.05, 0.1) is 6.10 Å². The minimum absolute atomic E-state index is 0.0831. The summed E-state index contributed by atoms with van der Waals surface area (Å²) in [6.45, 7) is 1.74. The first-order valence-electron chi connectivity index (χ1n) is 5.41. The van der Waals surface area contributed by atoms with Crippen molar-refractivity contribution in [3.05, 3.63) is 35.9 Å². The van der Waals surface area contributed by atoms with Gasteiger partial charge in [-0.25, -0.2) is 0 Å². The normalized spacial score (nSPS) is 14.1. The van der Waals surface area contributed by atoms with Crippen molar-refractivity contribution < 1.29 is 5.11 Å². The molecule has 0 fully saturated rings. The Hall–Kier alpha value is -1.48. The summed E-state index contributed by atoms with van der Waals surface area (Å²) in [5, 5.41) is 24.5. The first kappa shape index (κ1) is 12.6. The molecule has 2 unspecified atom stereocenters. The molecule has 86 valence electrons. The van der Waals surface area contributed by atoms with Crippen molar-refractivity contribution in [3.63, 3.8) is 0 Å². The molecule has 3 nitrogen and oxygen atoms in total. The van der Waals surface area contributed by atoms with E-state index in [9.17, 15) is 5.11 Å². The number of hydrogen-bond donors (Lipinski definition) is 3. The van der Waals surface area contributed by atoms with Gasteiger partial charge in [0.25, 0.3) is 0 Å². The maximum Gasteiger partial charge on any atom is 0.0661 e.